The number of anilines is 2. The number of carbonyl (C=O) groups is 2. The number of hydrogen-bond donors (Lipinski definition) is 1. The minimum Gasteiger partial charge on any atom is -0.491 e. The van der Waals surface area contributed by atoms with E-state index >= 15 is 0 Å². The van der Waals surface area contributed by atoms with E-state index in [-0.39, 0.29) is 23.7 Å². The molecule has 0 bridgehead atoms. The van der Waals surface area contributed by atoms with E-state index in [9.17, 15) is 9.59 Å². The molecule has 0 radical (unpaired) electrons. The van der Waals surface area contributed by atoms with E-state index in [1.807, 2.05) is 62.4 Å². The van der Waals surface area contributed by atoms with Crippen molar-refractivity contribution in [1.29, 1.82) is 0 Å². The number of carbonyl (C=O) groups excluding carboxylic acids is 2. The predicted molar refractivity (Wildman–Crippen MR) is 143 cm³/mol. The lowest BCUT2D eigenvalue weighted by atomic mass is 9.78. The number of amides is 1. The first-order valence-electron chi connectivity index (χ1n) is 12.6. The number of ketones is 1. The number of aryl methyl sites for hydroxylation is 1. The second kappa shape index (κ2) is 9.65. The third-order valence-electron chi connectivity index (χ3n) is 6.94. The quantitative estimate of drug-likeness (QED) is 0.451. The van der Waals surface area contributed by atoms with Gasteiger partial charge in [0.25, 0.3) is 0 Å². The third-order valence-corrected chi connectivity index (χ3v) is 6.94. The number of ether oxygens (including phenoxy) is 1. The molecule has 0 fully saturated rings. The number of benzene rings is 3. The Morgan fingerprint density at radius 1 is 0.944 bits per heavy atom. The van der Waals surface area contributed by atoms with Crippen molar-refractivity contribution in [3.05, 3.63) is 101 Å². The van der Waals surface area contributed by atoms with Crippen molar-refractivity contribution in [2.75, 3.05) is 10.2 Å². The molecule has 1 aliphatic heterocycles. The summed E-state index contributed by atoms with van der Waals surface area (Å²) in [5, 5.41) is 3.57. The SMILES string of the molecule is CC(=O)N1c2ccccc2NC2=C(C(=O)C[C@@H](c3ccc(C)cc3)C2)[C@@H]1c1ccc(OC(C)C)cc1. The Morgan fingerprint density at radius 3 is 2.28 bits per heavy atom. The van der Waals surface area contributed by atoms with Crippen LogP contribution < -0.4 is 15.0 Å². The van der Waals surface area contributed by atoms with Gasteiger partial charge in [-0.15, -0.1) is 0 Å². The summed E-state index contributed by atoms with van der Waals surface area (Å²) < 4.78 is 5.84. The van der Waals surface area contributed by atoms with Gasteiger partial charge in [-0.3, -0.25) is 14.5 Å². The largest absolute Gasteiger partial charge is 0.491 e. The minimum atomic E-state index is -0.520. The highest BCUT2D eigenvalue weighted by molar-refractivity contribution is 6.06. The summed E-state index contributed by atoms with van der Waals surface area (Å²) in [6, 6.07) is 23.5. The lowest BCUT2D eigenvalue weighted by Gasteiger charge is -2.34. The van der Waals surface area contributed by atoms with Crippen molar-refractivity contribution in [3.8, 4) is 5.75 Å². The highest BCUT2D eigenvalue weighted by atomic mass is 16.5. The number of nitrogens with zero attached hydrogens (tertiary/aromatic N) is 1. The summed E-state index contributed by atoms with van der Waals surface area (Å²) in [7, 11) is 0. The van der Waals surface area contributed by atoms with E-state index < -0.39 is 6.04 Å². The molecule has 0 unspecified atom stereocenters. The highest BCUT2D eigenvalue weighted by Crippen LogP contribution is 2.47. The Bertz CT molecular complexity index is 1320. The van der Waals surface area contributed by atoms with Crippen molar-refractivity contribution in [2.45, 2.75) is 58.6 Å². The van der Waals surface area contributed by atoms with E-state index in [1.165, 1.54) is 5.56 Å². The van der Waals surface area contributed by atoms with Crippen LogP contribution in [0.4, 0.5) is 11.4 Å². The van der Waals surface area contributed by atoms with E-state index in [1.54, 1.807) is 11.8 Å². The molecule has 184 valence electrons. The molecule has 36 heavy (non-hydrogen) atoms. The highest BCUT2D eigenvalue weighted by Gasteiger charge is 2.40. The number of allylic oxidation sites excluding steroid dienone is 1. The minimum absolute atomic E-state index is 0.0615. The molecule has 1 heterocycles. The topological polar surface area (TPSA) is 58.6 Å². The van der Waals surface area contributed by atoms with Crippen molar-refractivity contribution >= 4 is 23.1 Å². The zero-order chi connectivity index (χ0) is 25.4. The summed E-state index contributed by atoms with van der Waals surface area (Å²) in [5.41, 5.74) is 6.41. The maximum atomic E-state index is 13.9. The van der Waals surface area contributed by atoms with E-state index in [0.717, 1.165) is 33.9 Å². The molecule has 0 saturated heterocycles. The van der Waals surface area contributed by atoms with Gasteiger partial charge in [0.2, 0.25) is 5.91 Å². The van der Waals surface area contributed by atoms with Crippen molar-refractivity contribution in [2.24, 2.45) is 0 Å². The van der Waals surface area contributed by atoms with Crippen molar-refractivity contribution in [1.82, 2.24) is 0 Å². The van der Waals surface area contributed by atoms with Gasteiger partial charge in [-0.2, -0.15) is 0 Å². The van der Waals surface area contributed by atoms with Gasteiger partial charge in [0.15, 0.2) is 5.78 Å². The average Bonchev–Trinajstić information content (AvgIpc) is 2.99. The molecule has 5 heteroatoms. The average molecular weight is 481 g/mol. The number of fused-ring (bicyclic) bond motifs is 1. The first kappa shape index (κ1) is 23.9. The first-order valence-corrected chi connectivity index (χ1v) is 12.6. The molecule has 0 aromatic heterocycles. The Hall–Kier alpha value is -3.86. The van der Waals surface area contributed by atoms with Crippen LogP contribution in [0, 0.1) is 6.92 Å². The van der Waals surface area contributed by atoms with Gasteiger partial charge in [0, 0.05) is 24.6 Å². The Morgan fingerprint density at radius 2 is 1.61 bits per heavy atom. The summed E-state index contributed by atoms with van der Waals surface area (Å²) in [6.45, 7) is 7.61. The van der Waals surface area contributed by atoms with Crippen molar-refractivity contribution in [3.63, 3.8) is 0 Å². The monoisotopic (exact) mass is 480 g/mol. The van der Waals surface area contributed by atoms with E-state index in [0.29, 0.717) is 18.4 Å². The fourth-order valence-corrected chi connectivity index (χ4v) is 5.33. The predicted octanol–water partition coefficient (Wildman–Crippen LogP) is 6.70. The second-order valence-corrected chi connectivity index (χ2v) is 10.0. The maximum Gasteiger partial charge on any atom is 0.224 e. The van der Waals surface area contributed by atoms with Crippen LogP contribution in [0.1, 0.15) is 62.3 Å². The van der Waals surface area contributed by atoms with E-state index in [2.05, 4.69) is 36.5 Å². The van der Waals surface area contributed by atoms with Crippen LogP contribution in [-0.4, -0.2) is 17.8 Å². The van der Waals surface area contributed by atoms with Crippen LogP contribution in [-0.2, 0) is 9.59 Å². The molecule has 1 aliphatic carbocycles. The van der Waals surface area contributed by atoms with Gasteiger partial charge in [0.05, 0.1) is 23.5 Å². The molecule has 1 N–H and O–H groups in total. The van der Waals surface area contributed by atoms with Crippen LogP contribution in [0.2, 0.25) is 0 Å². The summed E-state index contributed by atoms with van der Waals surface area (Å²) in [4.78, 5) is 28.8. The summed E-state index contributed by atoms with van der Waals surface area (Å²) in [6.07, 6.45) is 1.18. The molecule has 3 aromatic rings. The maximum absolute atomic E-state index is 13.9. The summed E-state index contributed by atoms with van der Waals surface area (Å²) >= 11 is 0. The molecule has 1 amide bonds. The second-order valence-electron chi connectivity index (χ2n) is 10.0. The number of hydrogen-bond acceptors (Lipinski definition) is 4. The standard InChI is InChI=1S/C31H32N2O3/c1-19(2)36-25-15-13-23(14-16-25)31-30-27(32-26-7-5-6-8-28(26)33(31)21(4)34)17-24(18-29(30)35)22-11-9-20(3)10-12-22/h5-16,19,24,31-32H,17-18H2,1-4H3/t24-,31-/m0/s1. The normalized spacial score (nSPS) is 19.4. The molecule has 3 aromatic carbocycles. The number of rotatable bonds is 4. The molecule has 5 rings (SSSR count). The van der Waals surface area contributed by atoms with Crippen LogP contribution in [0.3, 0.4) is 0 Å². The molecule has 0 saturated carbocycles. The van der Waals surface area contributed by atoms with E-state index in [4.69, 9.17) is 4.74 Å². The van der Waals surface area contributed by atoms with Crippen LogP contribution in [0.5, 0.6) is 5.75 Å². The Balaban J connectivity index is 1.64. The van der Waals surface area contributed by atoms with Gasteiger partial charge in [0.1, 0.15) is 5.75 Å². The fraction of sp³-hybridized carbons (Fsp3) is 0.290. The van der Waals surface area contributed by atoms with Crippen LogP contribution in [0.15, 0.2) is 84.1 Å². The number of para-hydroxylation sites is 2. The lowest BCUT2D eigenvalue weighted by Crippen LogP contribution is -2.37. The zero-order valence-electron chi connectivity index (χ0n) is 21.2. The lowest BCUT2D eigenvalue weighted by molar-refractivity contribution is -0.117. The van der Waals surface area contributed by atoms with Gasteiger partial charge in [-0.1, -0.05) is 54.1 Å². The van der Waals surface area contributed by atoms with Crippen LogP contribution >= 0.6 is 0 Å². The van der Waals surface area contributed by atoms with Gasteiger partial charge < -0.3 is 10.1 Å². The summed E-state index contributed by atoms with van der Waals surface area (Å²) in [5.74, 6) is 0.807. The zero-order valence-corrected chi connectivity index (χ0v) is 21.2. The molecular weight excluding hydrogens is 448 g/mol. The van der Waals surface area contributed by atoms with Gasteiger partial charge in [-0.05, 0) is 68.5 Å². The first-order chi connectivity index (χ1) is 17.3. The molecule has 2 aliphatic rings. The number of Topliss-reactive ketones (excluding diaryl/α,β-unsaturated/α-hetero) is 1. The Labute approximate surface area is 212 Å². The molecular formula is C31H32N2O3. The molecule has 2 atom stereocenters. The van der Waals surface area contributed by atoms with Gasteiger partial charge in [-0.25, -0.2) is 0 Å². The third kappa shape index (κ3) is 4.53. The fourth-order valence-electron chi connectivity index (χ4n) is 5.33. The Kier molecular flexibility index (Phi) is 6.40. The smallest absolute Gasteiger partial charge is 0.224 e. The molecule has 5 nitrogen and oxygen atoms in total. The van der Waals surface area contributed by atoms with Crippen LogP contribution in [0.25, 0.3) is 0 Å². The number of nitrogens with one attached hydrogen (secondary N) is 1. The van der Waals surface area contributed by atoms with Crippen molar-refractivity contribution < 1.29 is 14.3 Å². The van der Waals surface area contributed by atoms with Gasteiger partial charge >= 0.3 is 0 Å². The molecule has 0 spiro atoms.